The lowest BCUT2D eigenvalue weighted by molar-refractivity contribution is -0.130. The lowest BCUT2D eigenvalue weighted by Crippen LogP contribution is -2.48. The van der Waals surface area contributed by atoms with Crippen LogP contribution in [0.3, 0.4) is 0 Å². The molecule has 1 amide bonds. The minimum atomic E-state index is 0. The maximum absolute atomic E-state index is 11.4. The van der Waals surface area contributed by atoms with E-state index in [1.807, 2.05) is 16.2 Å². The molecule has 0 aliphatic carbocycles. The van der Waals surface area contributed by atoms with Gasteiger partial charge in [-0.05, 0) is 24.8 Å². The summed E-state index contributed by atoms with van der Waals surface area (Å²) < 4.78 is 0. The summed E-state index contributed by atoms with van der Waals surface area (Å²) in [6.07, 6.45) is 1.05. The number of carbonyl (C=O) groups is 1. The van der Waals surface area contributed by atoms with E-state index in [0.29, 0.717) is 0 Å². The highest BCUT2D eigenvalue weighted by Crippen LogP contribution is 2.09. The third kappa shape index (κ3) is 7.79. The molecule has 0 aromatic carbocycles. The molecule has 26 heavy (non-hydrogen) atoms. The van der Waals surface area contributed by atoms with Crippen LogP contribution in [0, 0.1) is 0 Å². The van der Waals surface area contributed by atoms with Crippen LogP contribution in [-0.2, 0) is 11.2 Å². The standard InChI is InChI=1S/C18H31N5OS.HI/c1-4-19-18(21(3)9-7-17-6-5-15-25-17)20-8-10-22-11-13-23(14-12-22)16(2)24;/h5-6,15H,4,7-14H2,1-3H3,(H,19,20);1H. The molecule has 0 unspecified atom stereocenters. The summed E-state index contributed by atoms with van der Waals surface area (Å²) in [6, 6.07) is 4.29. The van der Waals surface area contributed by atoms with Crippen molar-refractivity contribution < 1.29 is 4.79 Å². The van der Waals surface area contributed by atoms with E-state index in [1.54, 1.807) is 6.92 Å². The van der Waals surface area contributed by atoms with Crippen LogP contribution in [0.1, 0.15) is 18.7 Å². The smallest absolute Gasteiger partial charge is 0.219 e. The number of nitrogens with one attached hydrogen (secondary N) is 1. The maximum Gasteiger partial charge on any atom is 0.219 e. The fraction of sp³-hybridized carbons (Fsp3) is 0.667. The van der Waals surface area contributed by atoms with E-state index in [1.165, 1.54) is 4.88 Å². The summed E-state index contributed by atoms with van der Waals surface area (Å²) in [4.78, 5) is 24.1. The molecule has 0 radical (unpaired) electrons. The lowest BCUT2D eigenvalue weighted by atomic mass is 10.3. The molecule has 0 bridgehead atoms. The zero-order chi connectivity index (χ0) is 18.1. The average molecular weight is 493 g/mol. The first-order valence-electron chi connectivity index (χ1n) is 9.10. The summed E-state index contributed by atoms with van der Waals surface area (Å²) in [5.41, 5.74) is 0. The lowest BCUT2D eigenvalue weighted by Gasteiger charge is -2.33. The molecular weight excluding hydrogens is 461 g/mol. The predicted octanol–water partition coefficient (Wildman–Crippen LogP) is 1.97. The molecule has 1 aliphatic rings. The van der Waals surface area contributed by atoms with E-state index in [2.05, 4.69) is 46.6 Å². The molecule has 6 nitrogen and oxygen atoms in total. The number of thiophene rings is 1. The minimum absolute atomic E-state index is 0. The van der Waals surface area contributed by atoms with Crippen molar-refractivity contribution in [1.29, 1.82) is 0 Å². The first-order chi connectivity index (χ1) is 12.1. The van der Waals surface area contributed by atoms with E-state index in [9.17, 15) is 4.79 Å². The SMILES string of the molecule is CCNC(=NCCN1CCN(C(C)=O)CC1)N(C)CCc1cccs1.I. The Morgan fingerprint density at radius 2 is 2.08 bits per heavy atom. The van der Waals surface area contributed by atoms with Crippen molar-refractivity contribution in [3.63, 3.8) is 0 Å². The Labute approximate surface area is 178 Å². The Bertz CT molecular complexity index is 544. The van der Waals surface area contributed by atoms with Crippen LogP contribution >= 0.6 is 35.3 Å². The van der Waals surface area contributed by atoms with Crippen molar-refractivity contribution in [3.8, 4) is 0 Å². The van der Waals surface area contributed by atoms with E-state index >= 15 is 0 Å². The number of hydrogen-bond donors (Lipinski definition) is 1. The van der Waals surface area contributed by atoms with Gasteiger partial charge in [0, 0.05) is 64.7 Å². The van der Waals surface area contributed by atoms with E-state index < -0.39 is 0 Å². The van der Waals surface area contributed by atoms with Gasteiger partial charge in [0.2, 0.25) is 5.91 Å². The largest absolute Gasteiger partial charge is 0.357 e. The fourth-order valence-electron chi connectivity index (χ4n) is 2.89. The molecule has 0 atom stereocenters. The first-order valence-corrected chi connectivity index (χ1v) is 9.97. The first kappa shape index (κ1) is 23.2. The van der Waals surface area contributed by atoms with E-state index in [4.69, 9.17) is 4.99 Å². The molecule has 1 aromatic rings. The van der Waals surface area contributed by atoms with Gasteiger partial charge in [0.1, 0.15) is 0 Å². The van der Waals surface area contributed by atoms with Crippen molar-refractivity contribution >= 4 is 47.2 Å². The predicted molar refractivity (Wildman–Crippen MR) is 121 cm³/mol. The maximum atomic E-state index is 11.4. The number of guanidine groups is 1. The number of carbonyl (C=O) groups excluding carboxylic acids is 1. The van der Waals surface area contributed by atoms with Gasteiger partial charge >= 0.3 is 0 Å². The minimum Gasteiger partial charge on any atom is -0.357 e. The molecule has 1 aliphatic heterocycles. The number of aliphatic imine (C=N–C) groups is 1. The highest BCUT2D eigenvalue weighted by molar-refractivity contribution is 14.0. The number of halogens is 1. The quantitative estimate of drug-likeness (QED) is 0.359. The van der Waals surface area contributed by atoms with Crippen molar-refractivity contribution in [2.75, 3.05) is 59.4 Å². The highest BCUT2D eigenvalue weighted by Gasteiger charge is 2.17. The molecule has 1 fully saturated rings. The van der Waals surface area contributed by atoms with Crippen molar-refractivity contribution in [1.82, 2.24) is 20.0 Å². The van der Waals surface area contributed by atoms with Crippen molar-refractivity contribution in [2.45, 2.75) is 20.3 Å². The molecule has 148 valence electrons. The zero-order valence-electron chi connectivity index (χ0n) is 16.1. The van der Waals surface area contributed by atoms with Gasteiger partial charge in [-0.3, -0.25) is 14.7 Å². The van der Waals surface area contributed by atoms with Crippen LogP contribution in [0.4, 0.5) is 0 Å². The third-order valence-electron chi connectivity index (χ3n) is 4.47. The van der Waals surface area contributed by atoms with Crippen LogP contribution < -0.4 is 5.32 Å². The monoisotopic (exact) mass is 493 g/mol. The van der Waals surface area contributed by atoms with Gasteiger partial charge in [-0.25, -0.2) is 0 Å². The van der Waals surface area contributed by atoms with Crippen LogP contribution in [0.5, 0.6) is 0 Å². The van der Waals surface area contributed by atoms with Crippen LogP contribution in [-0.4, -0.2) is 86.0 Å². The third-order valence-corrected chi connectivity index (χ3v) is 5.40. The molecule has 1 saturated heterocycles. The van der Waals surface area contributed by atoms with Gasteiger partial charge in [-0.15, -0.1) is 35.3 Å². The van der Waals surface area contributed by atoms with Gasteiger partial charge in [0.05, 0.1) is 6.54 Å². The second-order valence-electron chi connectivity index (χ2n) is 6.33. The van der Waals surface area contributed by atoms with E-state index in [0.717, 1.165) is 64.7 Å². The zero-order valence-corrected chi connectivity index (χ0v) is 19.3. The Morgan fingerprint density at radius 3 is 2.65 bits per heavy atom. The van der Waals surface area contributed by atoms with Gasteiger partial charge < -0.3 is 15.1 Å². The molecular formula is C18H32IN5OS. The molecule has 0 spiro atoms. The molecule has 0 saturated carbocycles. The normalized spacial score (nSPS) is 15.5. The van der Waals surface area contributed by atoms with E-state index in [-0.39, 0.29) is 29.9 Å². The van der Waals surface area contributed by atoms with Gasteiger partial charge in [0.25, 0.3) is 0 Å². The Kier molecular flexibility index (Phi) is 11.1. The number of hydrogen-bond acceptors (Lipinski definition) is 4. The molecule has 1 N–H and O–H groups in total. The molecule has 2 heterocycles. The summed E-state index contributed by atoms with van der Waals surface area (Å²) in [5, 5.41) is 5.51. The number of amides is 1. The number of piperazine rings is 1. The molecule has 2 rings (SSSR count). The summed E-state index contributed by atoms with van der Waals surface area (Å²) >= 11 is 1.81. The van der Waals surface area contributed by atoms with Gasteiger partial charge in [-0.1, -0.05) is 6.07 Å². The second-order valence-corrected chi connectivity index (χ2v) is 7.37. The van der Waals surface area contributed by atoms with Gasteiger partial charge in [0.15, 0.2) is 5.96 Å². The summed E-state index contributed by atoms with van der Waals surface area (Å²) in [5.74, 6) is 1.15. The fourth-order valence-corrected chi connectivity index (χ4v) is 3.59. The molecule has 1 aromatic heterocycles. The Hall–Kier alpha value is -0.870. The highest BCUT2D eigenvalue weighted by atomic mass is 127. The number of nitrogens with zero attached hydrogens (tertiary/aromatic N) is 4. The van der Waals surface area contributed by atoms with Crippen LogP contribution in [0.15, 0.2) is 22.5 Å². The average Bonchev–Trinajstić information content (AvgIpc) is 3.13. The summed E-state index contributed by atoms with van der Waals surface area (Å²) in [6.45, 7) is 10.9. The number of rotatable bonds is 7. The Balaban J connectivity index is 0.00000338. The Morgan fingerprint density at radius 1 is 1.35 bits per heavy atom. The van der Waals surface area contributed by atoms with Crippen molar-refractivity contribution in [3.05, 3.63) is 22.4 Å². The van der Waals surface area contributed by atoms with Crippen molar-refractivity contribution in [2.24, 2.45) is 4.99 Å². The number of likely N-dealkylation sites (N-methyl/N-ethyl adjacent to an activating group) is 1. The van der Waals surface area contributed by atoms with Crippen LogP contribution in [0.2, 0.25) is 0 Å². The second kappa shape index (κ2) is 12.5. The topological polar surface area (TPSA) is 51.2 Å². The summed E-state index contributed by atoms with van der Waals surface area (Å²) in [7, 11) is 2.10. The molecule has 8 heteroatoms. The van der Waals surface area contributed by atoms with Crippen LogP contribution in [0.25, 0.3) is 0 Å². The van der Waals surface area contributed by atoms with Gasteiger partial charge in [-0.2, -0.15) is 0 Å².